The maximum absolute atomic E-state index is 12.7. The van der Waals surface area contributed by atoms with Gasteiger partial charge < -0.3 is 34.1 Å². The van der Waals surface area contributed by atoms with Crippen molar-refractivity contribution in [2.75, 3.05) is 45.4 Å². The topological polar surface area (TPSA) is 80.6 Å². The van der Waals surface area contributed by atoms with Crippen LogP contribution >= 0.6 is 0 Å². The molecule has 47 heavy (non-hydrogen) atoms. The fraction of sp³-hybridized carbons (Fsp3) is 0.750. The summed E-state index contributed by atoms with van der Waals surface area (Å²) in [6.45, 7) is 11.5. The fourth-order valence-electron chi connectivity index (χ4n) is 10.5. The van der Waals surface area contributed by atoms with E-state index >= 15 is 0 Å². The highest BCUT2D eigenvalue weighted by atomic mass is 16.7. The van der Waals surface area contributed by atoms with E-state index in [9.17, 15) is 10.2 Å². The van der Waals surface area contributed by atoms with Crippen LogP contribution in [0.2, 0.25) is 0 Å². The van der Waals surface area contributed by atoms with E-state index in [2.05, 4.69) is 77.0 Å². The van der Waals surface area contributed by atoms with Crippen molar-refractivity contribution in [3.05, 3.63) is 53.1 Å². The Balaban J connectivity index is 1.23. The minimum atomic E-state index is -0.951. The molecule has 4 aliphatic carbocycles. The third-order valence-corrected chi connectivity index (χ3v) is 13.2. The molecule has 260 valence electrons. The smallest absolute Gasteiger partial charge is 0.171 e. The molecule has 1 aromatic rings. The van der Waals surface area contributed by atoms with Gasteiger partial charge in [-0.15, -0.1) is 0 Å². The van der Waals surface area contributed by atoms with Gasteiger partial charge in [-0.1, -0.05) is 57.6 Å². The number of ether oxygens (including phenoxy) is 4. The summed E-state index contributed by atoms with van der Waals surface area (Å²) in [5.41, 5.74) is 2.92. The van der Waals surface area contributed by atoms with Crippen molar-refractivity contribution in [2.45, 2.75) is 121 Å². The minimum absolute atomic E-state index is 0.0118. The number of allylic oxidation sites excluding steroid dienone is 1. The van der Waals surface area contributed by atoms with Crippen molar-refractivity contribution < 1.29 is 29.2 Å². The van der Waals surface area contributed by atoms with Gasteiger partial charge in [0.2, 0.25) is 0 Å². The largest absolute Gasteiger partial charge is 0.385 e. The molecule has 2 aliphatic heterocycles. The first kappa shape index (κ1) is 33.7. The third kappa shape index (κ3) is 5.85. The van der Waals surface area contributed by atoms with Crippen LogP contribution in [0, 0.1) is 28.6 Å². The second-order valence-electron chi connectivity index (χ2n) is 17.2. The van der Waals surface area contributed by atoms with Gasteiger partial charge in [0, 0.05) is 56.0 Å². The minimum Gasteiger partial charge on any atom is -0.385 e. The summed E-state index contributed by atoms with van der Waals surface area (Å²) >= 11 is 0. The summed E-state index contributed by atoms with van der Waals surface area (Å²) in [6.07, 6.45) is 12.7. The van der Waals surface area contributed by atoms with Gasteiger partial charge in [0.1, 0.15) is 0 Å². The van der Waals surface area contributed by atoms with Gasteiger partial charge in [-0.2, -0.15) is 0 Å². The van der Waals surface area contributed by atoms with Gasteiger partial charge in [-0.3, -0.25) is 0 Å². The van der Waals surface area contributed by atoms with Crippen LogP contribution in [0.3, 0.4) is 0 Å². The van der Waals surface area contributed by atoms with Crippen molar-refractivity contribution in [1.82, 2.24) is 0 Å². The van der Waals surface area contributed by atoms with Crippen molar-refractivity contribution in [1.29, 1.82) is 0 Å². The Bertz CT molecular complexity index is 1350. The van der Waals surface area contributed by atoms with E-state index in [4.69, 9.17) is 18.9 Å². The second-order valence-corrected chi connectivity index (χ2v) is 17.2. The Morgan fingerprint density at radius 1 is 1.00 bits per heavy atom. The summed E-state index contributed by atoms with van der Waals surface area (Å²) in [6, 6.07) is 9.00. The SMILES string of the molecule is C[C@@H]1C[C@H]2[C@@H]3CC[C@@]4(O)CC5(CCC4=C3[C@@H](c3ccc(N(C)C)cc3)C[C@]2(C)[C@]1(O)/C=C\COC1CCCCO1)OCC(C)(C)CO5. The van der Waals surface area contributed by atoms with E-state index in [-0.39, 0.29) is 29.0 Å². The van der Waals surface area contributed by atoms with Gasteiger partial charge in [0.15, 0.2) is 12.1 Å². The van der Waals surface area contributed by atoms with Crippen molar-refractivity contribution >= 4 is 5.69 Å². The average Bonchev–Trinajstić information content (AvgIpc) is 3.25. The Hall–Kier alpha value is -1.74. The summed E-state index contributed by atoms with van der Waals surface area (Å²) in [5.74, 6) is 0.185. The molecular formula is C40H59NO6. The normalized spacial score (nSPS) is 41.1. The highest BCUT2D eigenvalue weighted by molar-refractivity contribution is 5.50. The number of aliphatic hydroxyl groups is 2. The van der Waals surface area contributed by atoms with Gasteiger partial charge >= 0.3 is 0 Å². The highest BCUT2D eigenvalue weighted by Gasteiger charge is 2.66. The van der Waals surface area contributed by atoms with Crippen LogP contribution in [0.5, 0.6) is 0 Å². The van der Waals surface area contributed by atoms with Gasteiger partial charge in [-0.05, 0) is 92.4 Å². The first-order chi connectivity index (χ1) is 22.3. The summed E-state index contributed by atoms with van der Waals surface area (Å²) in [4.78, 5) is 2.14. The van der Waals surface area contributed by atoms with Crippen LogP contribution < -0.4 is 4.90 Å². The third-order valence-electron chi connectivity index (χ3n) is 13.2. The molecule has 0 amide bonds. The zero-order valence-corrected chi connectivity index (χ0v) is 29.7. The number of hydrogen-bond acceptors (Lipinski definition) is 7. The molecule has 7 nitrogen and oxygen atoms in total. The molecule has 1 spiro atoms. The first-order valence-electron chi connectivity index (χ1n) is 18.4. The molecule has 7 heteroatoms. The highest BCUT2D eigenvalue weighted by Crippen LogP contribution is 2.69. The summed E-state index contributed by atoms with van der Waals surface area (Å²) in [7, 11) is 4.15. The molecule has 1 aromatic carbocycles. The Morgan fingerprint density at radius 2 is 1.74 bits per heavy atom. The van der Waals surface area contributed by atoms with E-state index in [1.54, 1.807) is 0 Å². The molecule has 8 atom stereocenters. The zero-order valence-electron chi connectivity index (χ0n) is 29.7. The molecular weight excluding hydrogens is 590 g/mol. The number of hydrogen-bond donors (Lipinski definition) is 2. The Kier molecular flexibility index (Phi) is 8.79. The Morgan fingerprint density at radius 3 is 2.43 bits per heavy atom. The Labute approximate surface area is 282 Å². The lowest BCUT2D eigenvalue weighted by Crippen LogP contribution is -2.58. The van der Waals surface area contributed by atoms with E-state index in [1.807, 2.05) is 6.08 Å². The van der Waals surface area contributed by atoms with Crippen molar-refractivity contribution in [3.63, 3.8) is 0 Å². The standard InChI is InChI=1S/C40H59NO6/c1-27-22-33-30-15-18-38(42)24-39(46-25-36(2,3)26-47-39)19-16-32(38)35(30)31(28-11-13-29(14-12-28)41(5)6)23-37(33,4)40(27,43)17-9-21-45-34-10-7-8-20-44-34/h9,11-14,17,27,30-31,33-34,42-43H,7-8,10,15-16,18-26H2,1-6H3/b17-9-/t27-,30+,31-,33+,34?,37+,38-,40+/m1/s1. The molecule has 2 N–H and O–H groups in total. The van der Waals surface area contributed by atoms with Crippen LogP contribution in [0.15, 0.2) is 47.6 Å². The lowest BCUT2D eigenvalue weighted by Gasteiger charge is -2.58. The zero-order chi connectivity index (χ0) is 33.2. The quantitative estimate of drug-likeness (QED) is 0.318. The molecule has 0 radical (unpaired) electrons. The molecule has 0 bridgehead atoms. The number of fused-ring (bicyclic) bond motifs is 4. The van der Waals surface area contributed by atoms with Crippen LogP contribution in [-0.2, 0) is 18.9 Å². The van der Waals surface area contributed by atoms with Crippen LogP contribution in [0.1, 0.15) is 103 Å². The molecule has 1 unspecified atom stereocenters. The number of anilines is 1. The lowest BCUT2D eigenvalue weighted by molar-refractivity contribution is -0.322. The first-order valence-corrected chi connectivity index (χ1v) is 18.4. The van der Waals surface area contributed by atoms with Gasteiger partial charge in [0.05, 0.1) is 31.0 Å². The second kappa shape index (κ2) is 12.2. The molecule has 2 saturated heterocycles. The van der Waals surface area contributed by atoms with Crippen LogP contribution in [0.4, 0.5) is 5.69 Å². The predicted molar refractivity (Wildman–Crippen MR) is 184 cm³/mol. The molecule has 3 saturated carbocycles. The maximum Gasteiger partial charge on any atom is 0.171 e. The van der Waals surface area contributed by atoms with E-state index < -0.39 is 17.0 Å². The number of rotatable bonds is 6. The van der Waals surface area contributed by atoms with Crippen molar-refractivity contribution in [3.8, 4) is 0 Å². The van der Waals surface area contributed by atoms with Gasteiger partial charge in [-0.25, -0.2) is 0 Å². The van der Waals surface area contributed by atoms with Crippen molar-refractivity contribution in [2.24, 2.45) is 28.6 Å². The molecule has 5 fully saturated rings. The van der Waals surface area contributed by atoms with Crippen LogP contribution in [0.25, 0.3) is 0 Å². The summed E-state index contributed by atoms with van der Waals surface area (Å²) in [5, 5.41) is 25.3. The fourth-order valence-corrected chi connectivity index (χ4v) is 10.5. The van der Waals surface area contributed by atoms with Crippen LogP contribution in [-0.4, -0.2) is 74.0 Å². The number of benzene rings is 1. The molecule has 2 heterocycles. The molecule has 7 rings (SSSR count). The monoisotopic (exact) mass is 649 g/mol. The van der Waals surface area contributed by atoms with E-state index in [0.29, 0.717) is 44.5 Å². The molecule has 6 aliphatic rings. The molecule has 0 aromatic heterocycles. The number of nitrogens with zero attached hydrogens (tertiary/aromatic N) is 1. The van der Waals surface area contributed by atoms with Gasteiger partial charge in [0.25, 0.3) is 0 Å². The maximum atomic E-state index is 12.7. The predicted octanol–water partition coefficient (Wildman–Crippen LogP) is 7.12. The lowest BCUT2D eigenvalue weighted by atomic mass is 9.49. The van der Waals surface area contributed by atoms with E-state index in [0.717, 1.165) is 58.0 Å². The van der Waals surface area contributed by atoms with E-state index in [1.165, 1.54) is 22.4 Å². The average molecular weight is 650 g/mol. The summed E-state index contributed by atoms with van der Waals surface area (Å²) < 4.78 is 24.8.